The number of rotatable bonds is 8. The van der Waals surface area contributed by atoms with Crippen molar-refractivity contribution in [2.24, 2.45) is 0 Å². The maximum atomic E-state index is 13.1. The number of carbonyl (C=O) groups excluding carboxylic acids is 1. The first-order valence-corrected chi connectivity index (χ1v) is 13.2. The van der Waals surface area contributed by atoms with Crippen molar-refractivity contribution >= 4 is 5.91 Å². The van der Waals surface area contributed by atoms with Gasteiger partial charge in [-0.05, 0) is 55.8 Å². The number of methoxy groups -OCH3 is 1. The lowest BCUT2D eigenvalue weighted by Crippen LogP contribution is -2.48. The Bertz CT molecular complexity index is 1550. The normalized spacial score (nSPS) is 13.6. The van der Waals surface area contributed by atoms with E-state index in [9.17, 15) is 10.1 Å². The first-order chi connectivity index (χ1) is 19.5. The van der Waals surface area contributed by atoms with Crippen molar-refractivity contribution in [3.8, 4) is 23.3 Å². The second kappa shape index (κ2) is 12.0. The van der Waals surface area contributed by atoms with Crippen LogP contribution in [0.3, 0.4) is 0 Å². The van der Waals surface area contributed by atoms with E-state index in [-0.39, 0.29) is 5.91 Å². The molecule has 0 unspecified atom stereocenters. The summed E-state index contributed by atoms with van der Waals surface area (Å²) in [5, 5.41) is 9.63. The lowest BCUT2D eigenvalue weighted by molar-refractivity contribution is 0.0622. The summed E-state index contributed by atoms with van der Waals surface area (Å²) in [4.78, 5) is 26.2. The molecule has 1 aliphatic heterocycles. The second-order valence-electron chi connectivity index (χ2n) is 9.78. The zero-order valence-electron chi connectivity index (χ0n) is 23.0. The first kappa shape index (κ1) is 26.9. The molecule has 40 heavy (non-hydrogen) atoms. The van der Waals surface area contributed by atoms with Crippen molar-refractivity contribution in [2.75, 3.05) is 33.3 Å². The standard InChI is InChI=1S/C31H32N6O3/c1-22-28(9-6-12-33-22)40-30-17-24(10-11-25(30)18-32)20-37-23(2)34-19-26(37)21-35-13-15-36(16-14-35)31(38)27-7-4-5-8-29(27)39-3/h4-12,17,19H,13-16,20-21H2,1-3H3. The molecule has 9 heteroatoms. The molecule has 0 radical (unpaired) electrons. The van der Waals surface area contributed by atoms with Crippen LogP contribution in [0, 0.1) is 25.2 Å². The number of para-hydroxylation sites is 1. The van der Waals surface area contributed by atoms with Crippen molar-refractivity contribution in [1.82, 2.24) is 24.3 Å². The fourth-order valence-electron chi connectivity index (χ4n) is 4.91. The maximum absolute atomic E-state index is 13.1. The molecular formula is C31H32N6O3. The number of pyridine rings is 1. The van der Waals surface area contributed by atoms with E-state index < -0.39 is 0 Å². The monoisotopic (exact) mass is 536 g/mol. The highest BCUT2D eigenvalue weighted by molar-refractivity contribution is 5.97. The molecule has 0 bridgehead atoms. The van der Waals surface area contributed by atoms with Gasteiger partial charge in [-0.2, -0.15) is 5.26 Å². The van der Waals surface area contributed by atoms with E-state index in [1.54, 1.807) is 19.4 Å². The summed E-state index contributed by atoms with van der Waals surface area (Å²) >= 11 is 0. The molecule has 0 saturated carbocycles. The van der Waals surface area contributed by atoms with Gasteiger partial charge in [0.25, 0.3) is 5.91 Å². The predicted octanol–water partition coefficient (Wildman–Crippen LogP) is 4.57. The van der Waals surface area contributed by atoms with E-state index in [2.05, 4.69) is 25.5 Å². The van der Waals surface area contributed by atoms with Gasteiger partial charge in [-0.25, -0.2) is 4.98 Å². The molecule has 1 amide bonds. The van der Waals surface area contributed by atoms with Crippen LogP contribution in [0.15, 0.2) is 67.0 Å². The van der Waals surface area contributed by atoms with Gasteiger partial charge in [-0.15, -0.1) is 0 Å². The number of aryl methyl sites for hydroxylation is 2. The Kier molecular flexibility index (Phi) is 8.08. The summed E-state index contributed by atoms with van der Waals surface area (Å²) in [7, 11) is 1.59. The number of amides is 1. The smallest absolute Gasteiger partial charge is 0.257 e. The maximum Gasteiger partial charge on any atom is 0.257 e. The van der Waals surface area contributed by atoms with Crippen molar-refractivity contribution in [3.63, 3.8) is 0 Å². The van der Waals surface area contributed by atoms with Gasteiger partial charge in [0.05, 0.1) is 29.6 Å². The van der Waals surface area contributed by atoms with Gasteiger partial charge >= 0.3 is 0 Å². The minimum absolute atomic E-state index is 0.00157. The van der Waals surface area contributed by atoms with Crippen LogP contribution in [0.5, 0.6) is 17.2 Å². The summed E-state index contributed by atoms with van der Waals surface area (Å²) in [6.45, 7) is 8.03. The van der Waals surface area contributed by atoms with Crippen LogP contribution in [0.4, 0.5) is 0 Å². The molecule has 1 fully saturated rings. The topological polar surface area (TPSA) is 96.5 Å². The number of imidazole rings is 1. The SMILES string of the molecule is COc1ccccc1C(=O)N1CCN(Cc2cnc(C)n2Cc2ccc(C#N)c(Oc3cccnc3C)c2)CC1. The highest BCUT2D eigenvalue weighted by Gasteiger charge is 2.25. The minimum atomic E-state index is -0.00157. The Morgan fingerprint density at radius 3 is 2.48 bits per heavy atom. The molecular weight excluding hydrogens is 504 g/mol. The Morgan fingerprint density at radius 1 is 0.950 bits per heavy atom. The number of aromatic nitrogens is 3. The van der Waals surface area contributed by atoms with Crippen molar-refractivity contribution < 1.29 is 14.3 Å². The summed E-state index contributed by atoms with van der Waals surface area (Å²) in [6, 6.07) is 18.9. The zero-order chi connectivity index (χ0) is 28.1. The zero-order valence-corrected chi connectivity index (χ0v) is 23.0. The fraction of sp³-hybridized carbons (Fsp3) is 0.290. The summed E-state index contributed by atoms with van der Waals surface area (Å²) < 4.78 is 13.7. The molecule has 204 valence electrons. The third-order valence-corrected chi connectivity index (χ3v) is 7.21. The Morgan fingerprint density at radius 2 is 1.73 bits per heavy atom. The van der Waals surface area contributed by atoms with Crippen molar-refractivity contribution in [2.45, 2.75) is 26.9 Å². The number of carbonyl (C=O) groups is 1. The average molecular weight is 537 g/mol. The van der Waals surface area contributed by atoms with Crippen LogP contribution >= 0.6 is 0 Å². The molecule has 0 N–H and O–H groups in total. The van der Waals surface area contributed by atoms with Crippen LogP contribution in [0.2, 0.25) is 0 Å². The molecule has 3 heterocycles. The summed E-state index contributed by atoms with van der Waals surface area (Å²) in [6.07, 6.45) is 3.63. The Balaban J connectivity index is 1.26. The molecule has 0 aliphatic carbocycles. The van der Waals surface area contributed by atoms with Crippen molar-refractivity contribution in [1.29, 1.82) is 5.26 Å². The van der Waals surface area contributed by atoms with Crippen LogP contribution in [0.25, 0.3) is 0 Å². The summed E-state index contributed by atoms with van der Waals surface area (Å²) in [5.41, 5.74) is 3.92. The van der Waals surface area contributed by atoms with Crippen LogP contribution in [-0.2, 0) is 13.1 Å². The number of hydrogen-bond acceptors (Lipinski definition) is 7. The number of piperazine rings is 1. The number of hydrogen-bond donors (Lipinski definition) is 0. The molecule has 9 nitrogen and oxygen atoms in total. The predicted molar refractivity (Wildman–Crippen MR) is 150 cm³/mol. The number of benzene rings is 2. The van der Waals surface area contributed by atoms with Crippen molar-refractivity contribution in [3.05, 3.63) is 101 Å². The van der Waals surface area contributed by atoms with E-state index in [4.69, 9.17) is 9.47 Å². The molecule has 2 aromatic carbocycles. The molecule has 1 saturated heterocycles. The van der Waals surface area contributed by atoms with E-state index in [0.717, 1.165) is 42.4 Å². The largest absolute Gasteiger partial charge is 0.496 e. The van der Waals surface area contributed by atoms with E-state index in [1.807, 2.05) is 73.5 Å². The molecule has 0 spiro atoms. The number of ether oxygens (including phenoxy) is 2. The van der Waals surface area contributed by atoms with Crippen LogP contribution in [-0.4, -0.2) is 63.5 Å². The van der Waals surface area contributed by atoms with Gasteiger partial charge in [0.15, 0.2) is 0 Å². The first-order valence-electron chi connectivity index (χ1n) is 13.2. The minimum Gasteiger partial charge on any atom is -0.496 e. The molecule has 0 atom stereocenters. The molecule has 1 aliphatic rings. The lowest BCUT2D eigenvalue weighted by atomic mass is 10.1. The van der Waals surface area contributed by atoms with Gasteiger partial charge in [-0.3, -0.25) is 14.7 Å². The van der Waals surface area contributed by atoms with Gasteiger partial charge in [-0.1, -0.05) is 18.2 Å². The number of nitriles is 1. The van der Waals surface area contributed by atoms with Gasteiger partial charge in [0.2, 0.25) is 0 Å². The van der Waals surface area contributed by atoms with Gasteiger partial charge in [0.1, 0.15) is 29.1 Å². The van der Waals surface area contributed by atoms with Crippen LogP contribution < -0.4 is 9.47 Å². The average Bonchev–Trinajstić information content (AvgIpc) is 3.32. The highest BCUT2D eigenvalue weighted by Crippen LogP contribution is 2.28. The van der Waals surface area contributed by atoms with E-state index in [1.165, 1.54) is 0 Å². The second-order valence-corrected chi connectivity index (χ2v) is 9.78. The quantitative estimate of drug-likeness (QED) is 0.325. The number of nitrogens with zero attached hydrogens (tertiary/aromatic N) is 6. The van der Waals surface area contributed by atoms with Crippen LogP contribution in [0.1, 0.15) is 38.7 Å². The third-order valence-electron chi connectivity index (χ3n) is 7.21. The summed E-state index contributed by atoms with van der Waals surface area (Å²) in [5.74, 6) is 2.64. The molecule has 4 aromatic rings. The lowest BCUT2D eigenvalue weighted by Gasteiger charge is -2.35. The molecule has 2 aromatic heterocycles. The fourth-order valence-corrected chi connectivity index (χ4v) is 4.91. The Hall–Kier alpha value is -4.68. The van der Waals surface area contributed by atoms with Gasteiger partial charge in [0, 0.05) is 51.7 Å². The molecule has 5 rings (SSSR count). The van der Waals surface area contributed by atoms with E-state index in [0.29, 0.717) is 48.0 Å². The third kappa shape index (κ3) is 5.82. The Labute approximate surface area is 234 Å². The highest BCUT2D eigenvalue weighted by atomic mass is 16.5. The van der Waals surface area contributed by atoms with E-state index >= 15 is 0 Å². The van der Waals surface area contributed by atoms with Gasteiger partial charge < -0.3 is 18.9 Å².